The van der Waals surface area contributed by atoms with Gasteiger partial charge in [-0.25, -0.2) is 0 Å². The Hall–Kier alpha value is 1.45. The zero-order valence-electron chi connectivity index (χ0n) is 2.93. The fourth-order valence-electron chi connectivity index (χ4n) is 0. The van der Waals surface area contributed by atoms with Crippen molar-refractivity contribution in [1.82, 2.24) is 0 Å². The Labute approximate surface area is 71.9 Å². The second-order valence-electron chi connectivity index (χ2n) is 0.224. The number of rotatable bonds is 0. The molecule has 1 radical (unpaired) electrons. The zero-order chi connectivity index (χ0) is 4.71. The molecule has 0 aliphatic rings. The van der Waals surface area contributed by atoms with Gasteiger partial charge in [-0.05, 0) is 0 Å². The summed E-state index contributed by atoms with van der Waals surface area (Å²) in [6.07, 6.45) is 0. The second-order valence-corrected chi connectivity index (χ2v) is 0.224. The van der Waals surface area contributed by atoms with E-state index in [0.29, 0.717) is 0 Å². The summed E-state index contributed by atoms with van der Waals surface area (Å²) < 4.78 is 0. The average Bonchev–Trinajstić information content (AvgIpc) is 1.46. The molecule has 0 saturated carbocycles. The number of nitriles is 1. The van der Waals surface area contributed by atoms with Crippen molar-refractivity contribution in [3.8, 4) is 6.07 Å². The Balaban J connectivity index is -0.0000000275. The molecule has 0 heterocycles. The molecule has 45 valence electrons. The number of hydrogen-bond acceptors (Lipinski definition) is 1. The van der Waals surface area contributed by atoms with Crippen LogP contribution in [0.25, 0.3) is 0 Å². The Morgan fingerprint density at radius 1 is 1.67 bits per heavy atom. The van der Waals surface area contributed by atoms with Crippen LogP contribution >= 0.6 is 13.0 Å². The van der Waals surface area contributed by atoms with E-state index in [2.05, 4.69) is 32.0 Å². The molecule has 1 nitrogen and oxygen atoms in total. The van der Waals surface area contributed by atoms with Gasteiger partial charge in [0.25, 0.3) is 0 Å². The third kappa shape index (κ3) is 51.3. The quantitative estimate of drug-likeness (QED) is 0.613. The molecule has 0 bridgehead atoms. The molecule has 0 spiro atoms. The van der Waals surface area contributed by atoms with E-state index in [0.717, 1.165) is 0 Å². The van der Waals surface area contributed by atoms with Crippen LogP contribution in [0.4, 0.5) is 0 Å². The molecule has 0 aliphatic heterocycles. The topological polar surface area (TPSA) is 23.8 Å². The fraction of sp³-hybridized carbons (Fsp3) is 0.500. The molecule has 0 fully saturated rings. The first-order chi connectivity index (χ1) is 2.41. The third-order valence-electron chi connectivity index (χ3n) is 0. The SMILES string of the molecule is CC#N.[Ag].[Br][Ag]. The van der Waals surface area contributed by atoms with E-state index >= 15 is 0 Å². The average molecular weight is 337 g/mol. The molecule has 0 atom stereocenters. The summed E-state index contributed by atoms with van der Waals surface area (Å²) in [7, 11) is 0. The predicted octanol–water partition coefficient (Wildman–Crippen LogP) is 1.37. The van der Waals surface area contributed by atoms with Gasteiger partial charge in [0.15, 0.2) is 0 Å². The van der Waals surface area contributed by atoms with Gasteiger partial charge in [-0.2, -0.15) is 5.26 Å². The van der Waals surface area contributed by atoms with Crippen molar-refractivity contribution in [3.63, 3.8) is 0 Å². The Bertz CT molecular complexity index is 33.0. The maximum atomic E-state index is 7.32. The van der Waals surface area contributed by atoms with Gasteiger partial charge >= 0.3 is 32.0 Å². The van der Waals surface area contributed by atoms with Crippen LogP contribution in [0.3, 0.4) is 0 Å². The Morgan fingerprint density at radius 2 is 1.67 bits per heavy atom. The summed E-state index contributed by atoms with van der Waals surface area (Å²) in [5.41, 5.74) is 0. The Kier molecular flexibility index (Phi) is 83.2. The molecular formula is C2H3Ag2BrN. The van der Waals surface area contributed by atoms with Crippen molar-refractivity contribution in [2.45, 2.75) is 6.92 Å². The molecule has 0 aromatic heterocycles. The maximum absolute atomic E-state index is 7.32. The van der Waals surface area contributed by atoms with Crippen LogP contribution in [0.15, 0.2) is 0 Å². The van der Waals surface area contributed by atoms with Gasteiger partial charge in [-0.15, -0.1) is 0 Å². The first kappa shape index (κ1) is 15.7. The number of hydrogen-bond donors (Lipinski definition) is 0. The second kappa shape index (κ2) is 31.9. The van der Waals surface area contributed by atoms with Crippen molar-refractivity contribution in [2.75, 3.05) is 0 Å². The molecule has 0 amide bonds. The van der Waals surface area contributed by atoms with E-state index in [9.17, 15) is 0 Å². The van der Waals surface area contributed by atoms with E-state index in [1.807, 2.05) is 0 Å². The fourth-order valence-corrected chi connectivity index (χ4v) is 0. The van der Waals surface area contributed by atoms with Crippen LogP contribution in [0.1, 0.15) is 6.92 Å². The van der Waals surface area contributed by atoms with Gasteiger partial charge in [0, 0.05) is 29.3 Å². The molecule has 0 saturated heterocycles. The normalized spacial score (nSPS) is 2.50. The first-order valence-corrected chi connectivity index (χ1v) is 4.23. The molecule has 0 aromatic carbocycles. The van der Waals surface area contributed by atoms with Crippen LogP contribution in [0.5, 0.6) is 0 Å². The van der Waals surface area contributed by atoms with E-state index < -0.39 is 0 Å². The molecular weight excluding hydrogens is 334 g/mol. The third-order valence-corrected chi connectivity index (χ3v) is 0. The molecule has 0 N–H and O–H groups in total. The summed E-state index contributed by atoms with van der Waals surface area (Å²) in [6, 6.07) is 1.75. The number of halogens is 1. The zero-order valence-corrected chi connectivity index (χ0v) is 7.48. The number of nitrogens with zero attached hydrogens (tertiary/aromatic N) is 1. The van der Waals surface area contributed by atoms with Gasteiger partial charge in [-0.1, -0.05) is 0 Å². The molecule has 0 unspecified atom stereocenters. The van der Waals surface area contributed by atoms with Gasteiger partial charge in [-0.3, -0.25) is 0 Å². The Morgan fingerprint density at radius 3 is 1.67 bits per heavy atom. The van der Waals surface area contributed by atoms with Crippen molar-refractivity contribution < 1.29 is 41.3 Å². The summed E-state index contributed by atoms with van der Waals surface area (Å²) >= 11 is 5.51. The first-order valence-electron chi connectivity index (χ1n) is 0.838. The monoisotopic (exact) mass is 334 g/mol. The van der Waals surface area contributed by atoms with Gasteiger partial charge < -0.3 is 0 Å². The van der Waals surface area contributed by atoms with Crippen LogP contribution in [-0.4, -0.2) is 0 Å². The van der Waals surface area contributed by atoms with Crippen LogP contribution in [-0.2, 0) is 41.3 Å². The summed E-state index contributed by atoms with van der Waals surface area (Å²) in [5, 5.41) is 7.32. The molecule has 0 rings (SSSR count). The molecule has 6 heavy (non-hydrogen) atoms. The van der Waals surface area contributed by atoms with Crippen LogP contribution < -0.4 is 0 Å². The van der Waals surface area contributed by atoms with Crippen molar-refractivity contribution >= 4 is 13.0 Å². The molecule has 4 heteroatoms. The molecule has 0 aliphatic carbocycles. The van der Waals surface area contributed by atoms with Gasteiger partial charge in [0.2, 0.25) is 0 Å². The van der Waals surface area contributed by atoms with Crippen LogP contribution in [0.2, 0.25) is 0 Å². The minimum absolute atomic E-state index is 0. The van der Waals surface area contributed by atoms with Gasteiger partial charge in [0.05, 0.1) is 6.07 Å². The summed E-state index contributed by atoms with van der Waals surface area (Å²) in [4.78, 5) is 0. The standard InChI is InChI=1S/C2H3N.2Ag.BrH/c1-2-3;;;/h1H3;;;1H/q;;+1;/p-1. The van der Waals surface area contributed by atoms with Gasteiger partial charge in [0.1, 0.15) is 0 Å². The predicted molar refractivity (Wildman–Crippen MR) is 20.2 cm³/mol. The van der Waals surface area contributed by atoms with E-state index in [-0.39, 0.29) is 22.4 Å². The van der Waals surface area contributed by atoms with E-state index in [1.165, 1.54) is 6.92 Å². The van der Waals surface area contributed by atoms with E-state index in [1.54, 1.807) is 6.07 Å². The minimum atomic E-state index is 0. The molecule has 0 aromatic rings. The summed E-state index contributed by atoms with van der Waals surface area (Å²) in [6.45, 7) is 1.43. The summed E-state index contributed by atoms with van der Waals surface area (Å²) in [5.74, 6) is 0. The van der Waals surface area contributed by atoms with Crippen LogP contribution in [0, 0.1) is 11.3 Å². The van der Waals surface area contributed by atoms with Crippen molar-refractivity contribution in [3.05, 3.63) is 0 Å². The van der Waals surface area contributed by atoms with E-state index in [4.69, 9.17) is 5.26 Å². The van der Waals surface area contributed by atoms with Crippen molar-refractivity contribution in [1.29, 1.82) is 5.26 Å². The van der Waals surface area contributed by atoms with Crippen molar-refractivity contribution in [2.24, 2.45) is 0 Å².